The lowest BCUT2D eigenvalue weighted by Gasteiger charge is -2.20. The summed E-state index contributed by atoms with van der Waals surface area (Å²) >= 11 is 0. The summed E-state index contributed by atoms with van der Waals surface area (Å²) < 4.78 is 0. The fraction of sp³-hybridized carbons (Fsp3) is 0.300. The minimum atomic E-state index is -0.153. The van der Waals surface area contributed by atoms with Crippen LogP contribution in [0.25, 0.3) is 0 Å². The van der Waals surface area contributed by atoms with Crippen molar-refractivity contribution in [2.75, 3.05) is 5.32 Å². The number of carbonyl (C=O) groups is 2. The first-order valence-electron chi connectivity index (χ1n) is 8.53. The number of hydrogen-bond donors (Lipinski definition) is 2. The summed E-state index contributed by atoms with van der Waals surface area (Å²) in [6.45, 7) is 2.69. The second-order valence-electron chi connectivity index (χ2n) is 6.43. The highest BCUT2D eigenvalue weighted by Gasteiger charge is 2.30. The van der Waals surface area contributed by atoms with Gasteiger partial charge in [0, 0.05) is 37.3 Å². The second-order valence-corrected chi connectivity index (χ2v) is 6.43. The maximum Gasteiger partial charge on any atom is 0.255 e. The Morgan fingerprint density at radius 2 is 1.62 bits per heavy atom. The van der Waals surface area contributed by atoms with Gasteiger partial charge in [-0.15, -0.1) is 12.4 Å². The third-order valence-electron chi connectivity index (χ3n) is 4.41. The van der Waals surface area contributed by atoms with Crippen molar-refractivity contribution in [3.63, 3.8) is 0 Å². The van der Waals surface area contributed by atoms with Crippen LogP contribution in [-0.2, 0) is 17.9 Å². The molecule has 1 saturated carbocycles. The van der Waals surface area contributed by atoms with Gasteiger partial charge in [0.05, 0.1) is 0 Å². The predicted molar refractivity (Wildman–Crippen MR) is 105 cm³/mol. The zero-order chi connectivity index (χ0) is 17.8. The van der Waals surface area contributed by atoms with Crippen LogP contribution in [0.5, 0.6) is 0 Å². The maximum absolute atomic E-state index is 12.3. The molecule has 26 heavy (non-hydrogen) atoms. The molecule has 6 heteroatoms. The number of hydrogen-bond acceptors (Lipinski definition) is 3. The van der Waals surface area contributed by atoms with Crippen LogP contribution in [0, 0.1) is 0 Å². The predicted octanol–water partition coefficient (Wildman–Crippen LogP) is 3.33. The summed E-state index contributed by atoms with van der Waals surface area (Å²) in [5.41, 5.74) is 8.95. The average Bonchev–Trinajstić information content (AvgIpc) is 3.45. The number of carbonyl (C=O) groups excluding carboxylic acids is 2. The van der Waals surface area contributed by atoms with Crippen LogP contribution < -0.4 is 11.1 Å². The van der Waals surface area contributed by atoms with Gasteiger partial charge in [0.15, 0.2) is 0 Å². The quantitative estimate of drug-likeness (QED) is 0.815. The lowest BCUT2D eigenvalue weighted by molar-refractivity contribution is -0.130. The van der Waals surface area contributed by atoms with Crippen LogP contribution in [0.3, 0.4) is 0 Å². The molecule has 0 spiro atoms. The van der Waals surface area contributed by atoms with Crippen LogP contribution in [0.2, 0.25) is 0 Å². The van der Waals surface area contributed by atoms with E-state index in [1.807, 2.05) is 41.3 Å². The van der Waals surface area contributed by atoms with Gasteiger partial charge < -0.3 is 16.0 Å². The molecule has 1 aliphatic carbocycles. The number of anilines is 1. The van der Waals surface area contributed by atoms with Gasteiger partial charge in [-0.1, -0.05) is 24.3 Å². The first-order valence-corrected chi connectivity index (χ1v) is 8.53. The van der Waals surface area contributed by atoms with Gasteiger partial charge in [-0.3, -0.25) is 9.59 Å². The average molecular weight is 374 g/mol. The highest BCUT2D eigenvalue weighted by atomic mass is 35.5. The Hall–Kier alpha value is -2.37. The van der Waals surface area contributed by atoms with Crippen molar-refractivity contribution in [1.82, 2.24) is 4.90 Å². The summed E-state index contributed by atoms with van der Waals surface area (Å²) in [5.74, 6) is -0.0412. The van der Waals surface area contributed by atoms with Crippen molar-refractivity contribution in [3.05, 3.63) is 65.2 Å². The second kappa shape index (κ2) is 8.83. The fourth-order valence-electron chi connectivity index (χ4n) is 2.77. The van der Waals surface area contributed by atoms with Crippen LogP contribution >= 0.6 is 12.4 Å². The van der Waals surface area contributed by atoms with Gasteiger partial charge in [-0.25, -0.2) is 0 Å². The standard InChI is InChI=1S/C20H23N3O2.ClH/c1-14(24)23(19-10-11-19)13-16-4-8-18(9-5-16)22-20(25)17-6-2-15(12-21)3-7-17;/h2-9,19H,10-13,21H2,1H3,(H,22,25);1H. The topological polar surface area (TPSA) is 75.4 Å². The number of benzene rings is 2. The first kappa shape index (κ1) is 19.9. The Bertz CT molecular complexity index is 756. The number of halogens is 1. The molecule has 3 rings (SSSR count). The Balaban J connectivity index is 0.00000243. The van der Waals surface area contributed by atoms with E-state index in [0.717, 1.165) is 29.7 Å². The lowest BCUT2D eigenvalue weighted by atomic mass is 10.1. The van der Waals surface area contributed by atoms with E-state index in [2.05, 4.69) is 5.32 Å². The summed E-state index contributed by atoms with van der Waals surface area (Å²) in [7, 11) is 0. The molecule has 3 N–H and O–H groups in total. The molecule has 0 atom stereocenters. The molecule has 0 saturated heterocycles. The minimum Gasteiger partial charge on any atom is -0.336 e. The van der Waals surface area contributed by atoms with Gasteiger partial charge in [0.2, 0.25) is 5.91 Å². The van der Waals surface area contributed by atoms with Crippen molar-refractivity contribution in [2.24, 2.45) is 5.73 Å². The number of amides is 2. The van der Waals surface area contributed by atoms with Gasteiger partial charge >= 0.3 is 0 Å². The van der Waals surface area contributed by atoms with Crippen LogP contribution in [0.1, 0.15) is 41.3 Å². The van der Waals surface area contributed by atoms with E-state index in [1.54, 1.807) is 19.1 Å². The molecule has 1 fully saturated rings. The van der Waals surface area contributed by atoms with E-state index < -0.39 is 0 Å². The number of rotatable bonds is 6. The smallest absolute Gasteiger partial charge is 0.255 e. The first-order chi connectivity index (χ1) is 12.1. The Kier molecular flexibility index (Phi) is 6.77. The van der Waals surface area contributed by atoms with Gasteiger partial charge in [0.25, 0.3) is 5.91 Å². The van der Waals surface area contributed by atoms with Crippen molar-refractivity contribution in [2.45, 2.75) is 38.9 Å². The van der Waals surface area contributed by atoms with Crippen molar-refractivity contribution < 1.29 is 9.59 Å². The van der Waals surface area contributed by atoms with Gasteiger partial charge in [-0.2, -0.15) is 0 Å². The van der Waals surface area contributed by atoms with Gasteiger partial charge in [0.1, 0.15) is 0 Å². The molecule has 0 unspecified atom stereocenters. The van der Waals surface area contributed by atoms with E-state index in [9.17, 15) is 9.59 Å². The Labute approximate surface area is 160 Å². The molecule has 1 aliphatic rings. The molecule has 0 aromatic heterocycles. The third kappa shape index (κ3) is 5.07. The monoisotopic (exact) mass is 373 g/mol. The molecular weight excluding hydrogens is 350 g/mol. The Morgan fingerprint density at radius 1 is 1.04 bits per heavy atom. The number of nitrogens with two attached hydrogens (primary N) is 1. The lowest BCUT2D eigenvalue weighted by Crippen LogP contribution is -2.30. The van der Waals surface area contributed by atoms with Crippen molar-refractivity contribution in [1.29, 1.82) is 0 Å². The third-order valence-corrected chi connectivity index (χ3v) is 4.41. The molecule has 0 radical (unpaired) electrons. The highest BCUT2D eigenvalue weighted by Crippen LogP contribution is 2.28. The zero-order valence-electron chi connectivity index (χ0n) is 14.8. The van der Waals surface area contributed by atoms with E-state index in [4.69, 9.17) is 5.73 Å². The minimum absolute atomic E-state index is 0. The number of nitrogens with zero attached hydrogens (tertiary/aromatic N) is 1. The van der Waals surface area contributed by atoms with Crippen molar-refractivity contribution >= 4 is 29.9 Å². The van der Waals surface area contributed by atoms with Crippen molar-refractivity contribution in [3.8, 4) is 0 Å². The van der Waals surface area contributed by atoms with E-state index in [0.29, 0.717) is 24.7 Å². The molecule has 138 valence electrons. The van der Waals surface area contributed by atoms with Gasteiger partial charge in [-0.05, 0) is 48.2 Å². The normalized spacial score (nSPS) is 12.8. The largest absolute Gasteiger partial charge is 0.336 e. The summed E-state index contributed by atoms with van der Waals surface area (Å²) in [4.78, 5) is 25.9. The molecule has 0 heterocycles. The summed E-state index contributed by atoms with van der Waals surface area (Å²) in [6.07, 6.45) is 2.19. The molecule has 0 aliphatic heterocycles. The van der Waals surface area contributed by atoms with Crippen LogP contribution in [0.4, 0.5) is 5.69 Å². The fourth-order valence-corrected chi connectivity index (χ4v) is 2.77. The molecule has 2 aromatic carbocycles. The number of nitrogens with one attached hydrogen (secondary N) is 1. The summed E-state index contributed by atoms with van der Waals surface area (Å²) in [6, 6.07) is 15.3. The highest BCUT2D eigenvalue weighted by molar-refractivity contribution is 6.04. The molecule has 0 bridgehead atoms. The van der Waals surface area contributed by atoms with Crippen LogP contribution in [0.15, 0.2) is 48.5 Å². The molecular formula is C20H24ClN3O2. The molecule has 2 amide bonds. The molecule has 2 aromatic rings. The summed E-state index contributed by atoms with van der Waals surface area (Å²) in [5, 5.41) is 2.88. The van der Waals surface area contributed by atoms with E-state index >= 15 is 0 Å². The molecule has 5 nitrogen and oxygen atoms in total. The Morgan fingerprint density at radius 3 is 2.12 bits per heavy atom. The SMILES string of the molecule is CC(=O)N(Cc1ccc(NC(=O)c2ccc(CN)cc2)cc1)C1CC1.Cl. The van der Waals surface area contributed by atoms with E-state index in [1.165, 1.54) is 0 Å². The van der Waals surface area contributed by atoms with E-state index in [-0.39, 0.29) is 24.2 Å². The van der Waals surface area contributed by atoms with Crippen LogP contribution in [-0.4, -0.2) is 22.8 Å². The zero-order valence-corrected chi connectivity index (χ0v) is 15.6. The maximum atomic E-state index is 12.3.